The van der Waals surface area contributed by atoms with Crippen LogP contribution in [-0.4, -0.2) is 41.2 Å². The number of nitrogens with zero attached hydrogens (tertiary/aromatic N) is 4. The van der Waals surface area contributed by atoms with Crippen molar-refractivity contribution in [1.29, 1.82) is 0 Å². The number of hydrogen-bond donors (Lipinski definition) is 0. The fraction of sp³-hybridized carbons (Fsp3) is 0.467. The summed E-state index contributed by atoms with van der Waals surface area (Å²) in [5, 5.41) is 3.90. The maximum atomic E-state index is 5.34. The van der Waals surface area contributed by atoms with Crippen LogP contribution < -0.4 is 4.90 Å². The molecule has 1 aliphatic rings. The monoisotopic (exact) mass is 272 g/mol. The Balaban J connectivity index is 1.76. The zero-order valence-corrected chi connectivity index (χ0v) is 11.8. The molecule has 2 heterocycles. The molecule has 106 valence electrons. The van der Waals surface area contributed by atoms with E-state index >= 15 is 0 Å². The SMILES string of the molecule is Cc1noc(N(CCN2CCCC2)c2ccccc2)n1. The molecule has 20 heavy (non-hydrogen) atoms. The van der Waals surface area contributed by atoms with E-state index in [1.54, 1.807) is 0 Å². The van der Waals surface area contributed by atoms with Crippen LogP contribution in [0.25, 0.3) is 0 Å². The highest BCUT2D eigenvalue weighted by atomic mass is 16.5. The molecule has 0 radical (unpaired) electrons. The van der Waals surface area contributed by atoms with Gasteiger partial charge in [0.25, 0.3) is 0 Å². The Labute approximate surface area is 119 Å². The fourth-order valence-electron chi connectivity index (χ4n) is 2.59. The number of rotatable bonds is 5. The molecule has 0 saturated carbocycles. The summed E-state index contributed by atoms with van der Waals surface area (Å²) in [5.41, 5.74) is 1.09. The van der Waals surface area contributed by atoms with Crippen molar-refractivity contribution in [3.63, 3.8) is 0 Å². The van der Waals surface area contributed by atoms with Gasteiger partial charge < -0.3 is 9.42 Å². The molecule has 0 spiro atoms. The van der Waals surface area contributed by atoms with Gasteiger partial charge in [-0.05, 0) is 45.0 Å². The summed E-state index contributed by atoms with van der Waals surface area (Å²) in [7, 11) is 0. The molecule has 0 unspecified atom stereocenters. The minimum Gasteiger partial charge on any atom is -0.315 e. The standard InChI is InChI=1S/C15H20N4O/c1-13-16-15(20-17-13)19(14-7-3-2-4-8-14)12-11-18-9-5-6-10-18/h2-4,7-8H,5-6,9-12H2,1H3. The molecule has 1 aromatic carbocycles. The van der Waals surface area contributed by atoms with Crippen molar-refractivity contribution < 1.29 is 4.52 Å². The van der Waals surface area contributed by atoms with Gasteiger partial charge in [-0.25, -0.2) is 0 Å². The lowest BCUT2D eigenvalue weighted by atomic mass is 10.3. The zero-order chi connectivity index (χ0) is 13.8. The van der Waals surface area contributed by atoms with Gasteiger partial charge in [-0.2, -0.15) is 4.98 Å². The van der Waals surface area contributed by atoms with Crippen LogP contribution in [0.15, 0.2) is 34.9 Å². The third-order valence-electron chi connectivity index (χ3n) is 3.65. The second kappa shape index (κ2) is 6.05. The third-order valence-corrected chi connectivity index (χ3v) is 3.65. The Hall–Kier alpha value is -1.88. The number of likely N-dealkylation sites (tertiary alicyclic amines) is 1. The molecule has 1 saturated heterocycles. The molecule has 0 bridgehead atoms. The van der Waals surface area contributed by atoms with E-state index in [4.69, 9.17) is 4.52 Å². The molecule has 1 aromatic heterocycles. The van der Waals surface area contributed by atoms with Gasteiger partial charge in [0, 0.05) is 18.8 Å². The largest absolute Gasteiger partial charge is 0.328 e. The average Bonchev–Trinajstić information content (AvgIpc) is 3.12. The van der Waals surface area contributed by atoms with E-state index in [-0.39, 0.29) is 0 Å². The Morgan fingerprint density at radius 1 is 1.20 bits per heavy atom. The lowest BCUT2D eigenvalue weighted by Gasteiger charge is -2.23. The molecule has 5 heteroatoms. The molecule has 3 rings (SSSR count). The Morgan fingerprint density at radius 2 is 1.95 bits per heavy atom. The van der Waals surface area contributed by atoms with E-state index in [9.17, 15) is 0 Å². The van der Waals surface area contributed by atoms with Crippen LogP contribution in [0.1, 0.15) is 18.7 Å². The van der Waals surface area contributed by atoms with E-state index in [0.717, 1.165) is 18.8 Å². The number of aryl methyl sites for hydroxylation is 1. The molecular weight excluding hydrogens is 252 g/mol. The van der Waals surface area contributed by atoms with E-state index in [0.29, 0.717) is 11.8 Å². The molecule has 1 aliphatic heterocycles. The van der Waals surface area contributed by atoms with Crippen molar-refractivity contribution in [2.24, 2.45) is 0 Å². The molecule has 1 fully saturated rings. The van der Waals surface area contributed by atoms with E-state index in [1.807, 2.05) is 25.1 Å². The van der Waals surface area contributed by atoms with E-state index < -0.39 is 0 Å². The number of para-hydroxylation sites is 1. The van der Waals surface area contributed by atoms with Gasteiger partial charge in [-0.3, -0.25) is 4.90 Å². The number of anilines is 2. The Bertz CT molecular complexity index is 534. The van der Waals surface area contributed by atoms with Crippen molar-refractivity contribution in [1.82, 2.24) is 15.0 Å². The van der Waals surface area contributed by atoms with Gasteiger partial charge in [0.1, 0.15) is 0 Å². The summed E-state index contributed by atoms with van der Waals surface area (Å²) >= 11 is 0. The number of benzene rings is 1. The third kappa shape index (κ3) is 2.99. The van der Waals surface area contributed by atoms with Crippen molar-refractivity contribution in [3.8, 4) is 0 Å². The van der Waals surface area contributed by atoms with E-state index in [1.165, 1.54) is 25.9 Å². The molecule has 0 amide bonds. The topological polar surface area (TPSA) is 45.4 Å². The van der Waals surface area contributed by atoms with Crippen LogP contribution in [0.2, 0.25) is 0 Å². The first-order chi connectivity index (χ1) is 9.83. The lowest BCUT2D eigenvalue weighted by Crippen LogP contribution is -2.31. The van der Waals surface area contributed by atoms with Gasteiger partial charge in [0.15, 0.2) is 5.82 Å². The minimum absolute atomic E-state index is 0.577. The maximum absolute atomic E-state index is 5.34. The first-order valence-corrected chi connectivity index (χ1v) is 7.18. The molecule has 2 aromatic rings. The van der Waals surface area contributed by atoms with Crippen LogP contribution in [0.3, 0.4) is 0 Å². The fourth-order valence-corrected chi connectivity index (χ4v) is 2.59. The second-order valence-corrected chi connectivity index (χ2v) is 5.16. The number of hydrogen-bond acceptors (Lipinski definition) is 5. The molecule has 5 nitrogen and oxygen atoms in total. The van der Waals surface area contributed by atoms with Crippen LogP contribution in [-0.2, 0) is 0 Å². The van der Waals surface area contributed by atoms with Gasteiger partial charge >= 0.3 is 6.01 Å². The summed E-state index contributed by atoms with van der Waals surface area (Å²) in [4.78, 5) is 8.94. The van der Waals surface area contributed by atoms with E-state index in [2.05, 4.69) is 32.1 Å². The van der Waals surface area contributed by atoms with Crippen molar-refractivity contribution in [2.45, 2.75) is 19.8 Å². The minimum atomic E-state index is 0.577. The Morgan fingerprint density at radius 3 is 2.60 bits per heavy atom. The van der Waals surface area contributed by atoms with Crippen LogP contribution >= 0.6 is 0 Å². The molecular formula is C15H20N4O. The van der Waals surface area contributed by atoms with Crippen LogP contribution in [0.5, 0.6) is 0 Å². The maximum Gasteiger partial charge on any atom is 0.328 e. The highest BCUT2D eigenvalue weighted by Crippen LogP contribution is 2.23. The van der Waals surface area contributed by atoms with Crippen molar-refractivity contribution in [3.05, 3.63) is 36.2 Å². The lowest BCUT2D eigenvalue weighted by molar-refractivity contribution is 0.342. The second-order valence-electron chi connectivity index (χ2n) is 5.16. The molecule has 0 aliphatic carbocycles. The first kappa shape index (κ1) is 13.1. The summed E-state index contributed by atoms with van der Waals surface area (Å²) in [6.45, 7) is 6.13. The van der Waals surface area contributed by atoms with Gasteiger partial charge in [0.2, 0.25) is 0 Å². The predicted octanol–water partition coefficient (Wildman–Crippen LogP) is 2.61. The van der Waals surface area contributed by atoms with Crippen LogP contribution in [0.4, 0.5) is 11.7 Å². The van der Waals surface area contributed by atoms with Crippen molar-refractivity contribution >= 4 is 11.7 Å². The molecule has 0 N–H and O–H groups in total. The van der Waals surface area contributed by atoms with Crippen LogP contribution in [0, 0.1) is 6.92 Å². The summed E-state index contributed by atoms with van der Waals surface area (Å²) in [5.74, 6) is 0.669. The van der Waals surface area contributed by atoms with Gasteiger partial charge in [-0.1, -0.05) is 23.4 Å². The Kier molecular flexibility index (Phi) is 3.97. The quantitative estimate of drug-likeness (QED) is 0.837. The predicted molar refractivity (Wildman–Crippen MR) is 78.2 cm³/mol. The smallest absolute Gasteiger partial charge is 0.315 e. The van der Waals surface area contributed by atoms with Gasteiger partial charge in [-0.15, -0.1) is 0 Å². The first-order valence-electron chi connectivity index (χ1n) is 7.18. The highest BCUT2D eigenvalue weighted by Gasteiger charge is 2.18. The molecule has 0 atom stereocenters. The highest BCUT2D eigenvalue weighted by molar-refractivity contribution is 5.55. The summed E-state index contributed by atoms with van der Waals surface area (Å²) < 4.78 is 5.34. The van der Waals surface area contributed by atoms with Gasteiger partial charge in [0.05, 0.1) is 0 Å². The zero-order valence-electron chi connectivity index (χ0n) is 11.8. The van der Waals surface area contributed by atoms with Crippen molar-refractivity contribution in [2.75, 3.05) is 31.1 Å². The summed E-state index contributed by atoms with van der Waals surface area (Å²) in [6.07, 6.45) is 2.62. The summed E-state index contributed by atoms with van der Waals surface area (Å²) in [6, 6.07) is 10.8. The normalized spacial score (nSPS) is 15.7. The number of aromatic nitrogens is 2. The average molecular weight is 272 g/mol.